The molecule has 2 aromatic rings. The van der Waals surface area contributed by atoms with Crippen LogP contribution in [0, 0.1) is 0 Å². The highest BCUT2D eigenvalue weighted by atomic mass is 79.9. The van der Waals surface area contributed by atoms with Crippen LogP contribution in [0.4, 0.5) is 11.4 Å². The predicted octanol–water partition coefficient (Wildman–Crippen LogP) is 3.91. The largest absolute Gasteiger partial charge is 0.351 e. The third kappa shape index (κ3) is 3.93. The second-order valence-corrected chi connectivity index (χ2v) is 9.02. The van der Waals surface area contributed by atoms with Crippen LogP contribution in [0.5, 0.6) is 0 Å². The first kappa shape index (κ1) is 20.4. The molecule has 2 heterocycles. The molecule has 1 saturated carbocycles. The van der Waals surface area contributed by atoms with Gasteiger partial charge >= 0.3 is 0 Å². The molecule has 7 nitrogen and oxygen atoms in total. The molecule has 29 heavy (non-hydrogen) atoms. The lowest BCUT2D eigenvalue weighted by atomic mass is 10.0. The van der Waals surface area contributed by atoms with Gasteiger partial charge < -0.3 is 19.6 Å². The zero-order valence-corrected chi connectivity index (χ0v) is 18.8. The van der Waals surface area contributed by atoms with Gasteiger partial charge in [0.1, 0.15) is 0 Å². The summed E-state index contributed by atoms with van der Waals surface area (Å²) < 4.78 is 8.55. The first-order chi connectivity index (χ1) is 13.8. The number of nitrogens with zero attached hydrogens (tertiary/aromatic N) is 4. The van der Waals surface area contributed by atoms with Crippen molar-refractivity contribution in [2.75, 3.05) is 16.3 Å². The third-order valence-electron chi connectivity index (χ3n) is 5.37. The van der Waals surface area contributed by atoms with Crippen LogP contribution in [0.3, 0.4) is 0 Å². The number of carbonyl (C=O) groups excluding carboxylic acids is 1. The second-order valence-electron chi connectivity index (χ2n) is 8.16. The van der Waals surface area contributed by atoms with E-state index in [0.717, 1.165) is 27.0 Å². The molecule has 1 N–H and O–H groups in total. The Morgan fingerprint density at radius 2 is 2.03 bits per heavy atom. The normalized spacial score (nSPS) is 20.2. The molecule has 1 aromatic heterocycles. The minimum atomic E-state index is -1.09. The summed E-state index contributed by atoms with van der Waals surface area (Å²) in [5.74, 6) is -0.0288. The molecule has 1 aromatic carbocycles. The summed E-state index contributed by atoms with van der Waals surface area (Å²) in [5, 5.41) is 15.2. The number of hydrogen-bond acceptors (Lipinski definition) is 5. The Bertz CT molecular complexity index is 925. The minimum Gasteiger partial charge on any atom is -0.351 e. The lowest BCUT2D eigenvalue weighted by Gasteiger charge is -2.44. The van der Waals surface area contributed by atoms with Crippen molar-refractivity contribution in [3.8, 4) is 11.1 Å². The van der Waals surface area contributed by atoms with Crippen LogP contribution in [-0.4, -0.2) is 45.9 Å². The number of halogens is 1. The summed E-state index contributed by atoms with van der Waals surface area (Å²) >= 11 is 3.68. The number of rotatable bonds is 5. The van der Waals surface area contributed by atoms with Crippen LogP contribution in [0.2, 0.25) is 0 Å². The number of aromatic nitrogens is 2. The quantitative estimate of drug-likeness (QED) is 0.681. The van der Waals surface area contributed by atoms with Gasteiger partial charge in [0.05, 0.1) is 35.8 Å². The Morgan fingerprint density at radius 1 is 1.31 bits per heavy atom. The van der Waals surface area contributed by atoms with Crippen molar-refractivity contribution in [3.63, 3.8) is 0 Å². The highest BCUT2D eigenvalue weighted by molar-refractivity contribution is 9.10. The van der Waals surface area contributed by atoms with Crippen molar-refractivity contribution in [2.24, 2.45) is 0 Å². The average molecular weight is 463 g/mol. The molecule has 1 fully saturated rings. The Kier molecular flexibility index (Phi) is 5.44. The maximum absolute atomic E-state index is 12.4. The predicted molar refractivity (Wildman–Crippen MR) is 116 cm³/mol. The van der Waals surface area contributed by atoms with Crippen molar-refractivity contribution < 1.29 is 14.6 Å². The summed E-state index contributed by atoms with van der Waals surface area (Å²) in [4.78, 5) is 16.0. The maximum Gasteiger partial charge on any atom is 0.238 e. The number of anilines is 2. The van der Waals surface area contributed by atoms with Gasteiger partial charge in [-0.05, 0) is 45.7 Å². The number of aliphatic hydroxyl groups excluding tert-OH is 1. The van der Waals surface area contributed by atoms with Crippen molar-refractivity contribution in [3.05, 3.63) is 29.0 Å². The average Bonchev–Trinajstić information content (AvgIpc) is 3.37. The molecule has 0 saturated heterocycles. The molecule has 0 radical (unpaired) electrons. The molecule has 2 atom stereocenters. The fourth-order valence-electron chi connectivity index (χ4n) is 3.92. The van der Waals surface area contributed by atoms with Crippen molar-refractivity contribution >= 4 is 33.2 Å². The van der Waals surface area contributed by atoms with E-state index in [0.29, 0.717) is 12.6 Å². The standard InChI is InChI=1S/C21H27BrN4O3/c1-12(2)29-21(28)24-10-13(3)26(14(4)27)20-8-18(22)17(7-19(20)24)15-9-23-25(11-15)16-5-6-16/h7-9,11-13,16,21,28H,5-6,10H2,1-4H3. The van der Waals surface area contributed by atoms with Crippen molar-refractivity contribution in [1.29, 1.82) is 0 Å². The number of ether oxygens (including phenoxy) is 1. The van der Waals surface area contributed by atoms with E-state index in [9.17, 15) is 9.90 Å². The molecule has 156 valence electrons. The van der Waals surface area contributed by atoms with Gasteiger partial charge in [0.2, 0.25) is 12.3 Å². The number of carbonyl (C=O) groups is 1. The van der Waals surface area contributed by atoms with Crippen molar-refractivity contribution in [2.45, 2.75) is 65.1 Å². The highest BCUT2D eigenvalue weighted by Gasteiger charge is 2.35. The van der Waals surface area contributed by atoms with Gasteiger partial charge in [0, 0.05) is 35.3 Å². The van der Waals surface area contributed by atoms with E-state index in [1.807, 2.05) is 48.7 Å². The second kappa shape index (κ2) is 7.74. The number of amides is 1. The molecule has 1 amide bonds. The van der Waals surface area contributed by atoms with Crippen molar-refractivity contribution in [1.82, 2.24) is 9.78 Å². The molecule has 1 aliphatic carbocycles. The summed E-state index contributed by atoms with van der Waals surface area (Å²) in [6.07, 6.45) is 5.05. The van der Waals surface area contributed by atoms with Crippen LogP contribution in [0.25, 0.3) is 11.1 Å². The molecule has 0 spiro atoms. The SMILES string of the molecule is CC(=O)N1c2cc(Br)c(-c3cnn(C4CC4)c3)cc2N(C(O)OC(C)C)CC1C. The lowest BCUT2D eigenvalue weighted by Crippen LogP contribution is -2.53. The fraction of sp³-hybridized carbons (Fsp3) is 0.524. The zero-order chi connectivity index (χ0) is 20.9. The molecule has 1 aliphatic heterocycles. The van der Waals surface area contributed by atoms with Gasteiger partial charge in [-0.1, -0.05) is 15.9 Å². The Hall–Kier alpha value is -1.90. The number of fused-ring (bicyclic) bond motifs is 1. The summed E-state index contributed by atoms with van der Waals surface area (Å²) in [6.45, 7) is 7.79. The minimum absolute atomic E-state index is 0.0288. The molecule has 2 unspecified atom stereocenters. The van der Waals surface area contributed by atoms with Gasteiger partial charge in [0.25, 0.3) is 0 Å². The van der Waals surface area contributed by atoms with Gasteiger partial charge in [-0.25, -0.2) is 0 Å². The fourth-order valence-corrected chi connectivity index (χ4v) is 4.48. The van der Waals surface area contributed by atoms with Gasteiger partial charge in [0.15, 0.2) is 0 Å². The molecule has 0 bridgehead atoms. The zero-order valence-electron chi connectivity index (χ0n) is 17.2. The van der Waals surface area contributed by atoms with E-state index < -0.39 is 6.41 Å². The van der Waals surface area contributed by atoms with Gasteiger partial charge in [-0.3, -0.25) is 9.48 Å². The maximum atomic E-state index is 12.4. The topological polar surface area (TPSA) is 70.8 Å². The molecule has 2 aliphatic rings. The third-order valence-corrected chi connectivity index (χ3v) is 6.02. The highest BCUT2D eigenvalue weighted by Crippen LogP contribution is 2.44. The van der Waals surface area contributed by atoms with E-state index >= 15 is 0 Å². The Balaban J connectivity index is 1.80. The van der Waals surface area contributed by atoms with E-state index in [4.69, 9.17) is 4.74 Å². The van der Waals surface area contributed by atoms with Crippen LogP contribution >= 0.6 is 15.9 Å². The molecule has 4 rings (SSSR count). The van der Waals surface area contributed by atoms with E-state index in [1.54, 1.807) is 11.8 Å². The van der Waals surface area contributed by atoms with E-state index in [1.165, 1.54) is 12.8 Å². The molecular formula is C21H27BrN4O3. The molecular weight excluding hydrogens is 436 g/mol. The summed E-state index contributed by atoms with van der Waals surface area (Å²) in [7, 11) is 0. The lowest BCUT2D eigenvalue weighted by molar-refractivity contribution is -0.127. The number of aliphatic hydroxyl groups is 1. The molecule has 8 heteroatoms. The smallest absolute Gasteiger partial charge is 0.238 e. The van der Waals surface area contributed by atoms with Gasteiger partial charge in [-0.15, -0.1) is 0 Å². The monoisotopic (exact) mass is 462 g/mol. The first-order valence-electron chi connectivity index (χ1n) is 10.0. The van der Waals surface area contributed by atoms with Crippen LogP contribution in [-0.2, 0) is 9.53 Å². The van der Waals surface area contributed by atoms with Crippen LogP contribution in [0.15, 0.2) is 29.0 Å². The number of benzene rings is 1. The van der Waals surface area contributed by atoms with Crippen LogP contribution in [0.1, 0.15) is 46.6 Å². The van der Waals surface area contributed by atoms with Gasteiger partial charge in [-0.2, -0.15) is 5.10 Å². The Labute approximate surface area is 179 Å². The first-order valence-corrected chi connectivity index (χ1v) is 10.8. The summed E-state index contributed by atoms with van der Waals surface area (Å²) in [5.41, 5.74) is 3.49. The number of hydrogen-bond donors (Lipinski definition) is 1. The van der Waals surface area contributed by atoms with Crippen LogP contribution < -0.4 is 9.80 Å². The van der Waals surface area contributed by atoms with E-state index in [2.05, 4.69) is 27.2 Å². The Morgan fingerprint density at radius 3 is 2.66 bits per heavy atom. The van der Waals surface area contributed by atoms with E-state index in [-0.39, 0.29) is 18.1 Å². The summed E-state index contributed by atoms with van der Waals surface area (Å²) in [6, 6.07) is 4.36.